The van der Waals surface area contributed by atoms with Gasteiger partial charge in [0.05, 0.1) is 0 Å². The molecule has 1 unspecified atom stereocenters. The third-order valence-electron chi connectivity index (χ3n) is 2.03. The van der Waals surface area contributed by atoms with Crippen LogP contribution in [0.4, 0.5) is 5.95 Å². The minimum absolute atomic E-state index is 0.0634. The number of rotatable bonds is 1. The van der Waals surface area contributed by atoms with Gasteiger partial charge in [-0.2, -0.15) is 10.1 Å². The summed E-state index contributed by atoms with van der Waals surface area (Å²) in [4.78, 5) is 4.10. The Labute approximate surface area is 70.5 Å². The second-order valence-corrected chi connectivity index (χ2v) is 2.95. The molecule has 0 aliphatic carbocycles. The first-order chi connectivity index (χ1) is 5.77. The Morgan fingerprint density at radius 1 is 1.67 bits per heavy atom. The second-order valence-electron chi connectivity index (χ2n) is 2.95. The molecule has 1 fully saturated rings. The van der Waals surface area contributed by atoms with Gasteiger partial charge < -0.3 is 10.5 Å². The smallest absolute Gasteiger partial charge is 0.218 e. The van der Waals surface area contributed by atoms with Crippen LogP contribution in [0.25, 0.3) is 0 Å². The summed E-state index contributed by atoms with van der Waals surface area (Å²) in [5, 5.41) is 4.15. The number of aromatic nitrogens is 3. The van der Waals surface area contributed by atoms with Gasteiger partial charge in [0.15, 0.2) is 5.82 Å². The highest BCUT2D eigenvalue weighted by Crippen LogP contribution is 2.25. The van der Waals surface area contributed by atoms with E-state index in [1.165, 1.54) is 0 Å². The molecular weight excluding hydrogens is 156 g/mol. The van der Waals surface area contributed by atoms with Gasteiger partial charge in [-0.25, -0.2) is 4.68 Å². The number of anilines is 1. The van der Waals surface area contributed by atoms with Crippen LogP contribution < -0.4 is 5.73 Å². The summed E-state index contributed by atoms with van der Waals surface area (Å²) in [6, 6.07) is 0. The quantitative estimate of drug-likeness (QED) is 0.652. The lowest BCUT2D eigenvalue weighted by molar-refractivity contribution is 0.105. The first-order valence-electron chi connectivity index (χ1n) is 4.05. The minimum atomic E-state index is 0.0634. The van der Waals surface area contributed by atoms with Crippen molar-refractivity contribution in [3.63, 3.8) is 0 Å². The standard InChI is InChI=1S/C7H12N4O/c1-11-7(8)9-6(10-11)5-3-2-4-12-5/h5H,2-4H2,1H3,(H2,8,9,10). The molecule has 0 bridgehead atoms. The molecule has 2 N–H and O–H groups in total. The van der Waals surface area contributed by atoms with Crippen molar-refractivity contribution in [1.29, 1.82) is 0 Å². The zero-order valence-corrected chi connectivity index (χ0v) is 7.03. The van der Waals surface area contributed by atoms with E-state index in [1.54, 1.807) is 11.7 Å². The van der Waals surface area contributed by atoms with Gasteiger partial charge in [-0.15, -0.1) is 0 Å². The molecule has 0 radical (unpaired) electrons. The van der Waals surface area contributed by atoms with Gasteiger partial charge in [0.2, 0.25) is 5.95 Å². The molecule has 66 valence electrons. The van der Waals surface area contributed by atoms with Gasteiger partial charge in [-0.1, -0.05) is 0 Å². The van der Waals surface area contributed by atoms with E-state index in [9.17, 15) is 0 Å². The van der Waals surface area contributed by atoms with Gasteiger partial charge in [0, 0.05) is 13.7 Å². The number of ether oxygens (including phenoxy) is 1. The fraction of sp³-hybridized carbons (Fsp3) is 0.714. The van der Waals surface area contributed by atoms with E-state index < -0.39 is 0 Å². The summed E-state index contributed by atoms with van der Waals surface area (Å²) < 4.78 is 6.98. The number of nitrogens with two attached hydrogens (primary N) is 1. The molecule has 1 aliphatic rings. The monoisotopic (exact) mass is 168 g/mol. The average Bonchev–Trinajstić information content (AvgIpc) is 2.61. The Kier molecular flexibility index (Phi) is 1.73. The van der Waals surface area contributed by atoms with Crippen LogP contribution in [0.1, 0.15) is 24.8 Å². The SMILES string of the molecule is Cn1nc(C2CCCO2)nc1N. The zero-order chi connectivity index (χ0) is 8.55. The summed E-state index contributed by atoms with van der Waals surface area (Å²) in [7, 11) is 1.78. The maximum absolute atomic E-state index is 5.54. The van der Waals surface area contributed by atoms with Crippen molar-refractivity contribution in [2.75, 3.05) is 12.3 Å². The Morgan fingerprint density at radius 3 is 3.00 bits per heavy atom. The van der Waals surface area contributed by atoms with Gasteiger partial charge >= 0.3 is 0 Å². The van der Waals surface area contributed by atoms with Gasteiger partial charge in [0.25, 0.3) is 0 Å². The van der Waals surface area contributed by atoms with E-state index in [2.05, 4.69) is 10.1 Å². The first kappa shape index (κ1) is 7.54. The molecule has 5 nitrogen and oxygen atoms in total. The third-order valence-corrected chi connectivity index (χ3v) is 2.03. The minimum Gasteiger partial charge on any atom is -0.370 e. The molecule has 2 heterocycles. The van der Waals surface area contributed by atoms with Gasteiger partial charge in [-0.3, -0.25) is 0 Å². The van der Waals surface area contributed by atoms with E-state index in [-0.39, 0.29) is 6.10 Å². The molecule has 1 aromatic rings. The van der Waals surface area contributed by atoms with Crippen molar-refractivity contribution in [3.8, 4) is 0 Å². The summed E-state index contributed by atoms with van der Waals surface area (Å²) in [6.45, 7) is 0.808. The van der Waals surface area contributed by atoms with Crippen LogP contribution in [0.3, 0.4) is 0 Å². The molecule has 2 rings (SSSR count). The van der Waals surface area contributed by atoms with Crippen molar-refractivity contribution in [3.05, 3.63) is 5.82 Å². The Morgan fingerprint density at radius 2 is 2.50 bits per heavy atom. The van der Waals surface area contributed by atoms with E-state index in [1.807, 2.05) is 0 Å². The maximum atomic E-state index is 5.54. The molecule has 1 atom stereocenters. The van der Waals surface area contributed by atoms with Gasteiger partial charge in [0.1, 0.15) is 6.10 Å². The highest BCUT2D eigenvalue weighted by atomic mass is 16.5. The second kappa shape index (κ2) is 2.75. The van der Waals surface area contributed by atoms with Crippen LogP contribution >= 0.6 is 0 Å². The molecule has 0 saturated carbocycles. The summed E-state index contributed by atoms with van der Waals surface area (Å²) >= 11 is 0. The van der Waals surface area contributed by atoms with Crippen LogP contribution in [0.15, 0.2) is 0 Å². The van der Waals surface area contributed by atoms with E-state index in [0.29, 0.717) is 11.8 Å². The van der Waals surface area contributed by atoms with Crippen LogP contribution in [-0.2, 0) is 11.8 Å². The Balaban J connectivity index is 2.21. The number of hydrogen-bond acceptors (Lipinski definition) is 4. The van der Waals surface area contributed by atoms with Crippen LogP contribution in [0.2, 0.25) is 0 Å². The van der Waals surface area contributed by atoms with E-state index in [0.717, 1.165) is 19.4 Å². The number of nitrogen functional groups attached to an aromatic ring is 1. The molecule has 5 heteroatoms. The number of hydrogen-bond donors (Lipinski definition) is 1. The lowest BCUT2D eigenvalue weighted by Crippen LogP contribution is -1.99. The van der Waals surface area contributed by atoms with Crippen LogP contribution in [0, 0.1) is 0 Å². The average molecular weight is 168 g/mol. The molecule has 1 aromatic heterocycles. The fourth-order valence-electron chi connectivity index (χ4n) is 1.33. The lowest BCUT2D eigenvalue weighted by atomic mass is 10.2. The van der Waals surface area contributed by atoms with E-state index >= 15 is 0 Å². The lowest BCUT2D eigenvalue weighted by Gasteiger charge is -2.01. The predicted octanol–water partition coefficient (Wildman–Crippen LogP) is 0.249. The summed E-state index contributed by atoms with van der Waals surface area (Å²) in [6.07, 6.45) is 2.15. The largest absolute Gasteiger partial charge is 0.370 e. The molecule has 0 spiro atoms. The molecule has 0 amide bonds. The van der Waals surface area contributed by atoms with E-state index in [4.69, 9.17) is 10.5 Å². The highest BCUT2D eigenvalue weighted by molar-refractivity contribution is 5.16. The zero-order valence-electron chi connectivity index (χ0n) is 7.03. The Bertz CT molecular complexity index is 257. The molecule has 1 saturated heterocycles. The molecule has 12 heavy (non-hydrogen) atoms. The first-order valence-corrected chi connectivity index (χ1v) is 4.05. The summed E-state index contributed by atoms with van der Waals surface area (Å²) in [5.74, 6) is 1.16. The third kappa shape index (κ3) is 1.16. The normalized spacial score (nSPS) is 23.2. The molecule has 0 aromatic carbocycles. The van der Waals surface area contributed by atoms with Crippen molar-refractivity contribution < 1.29 is 4.74 Å². The highest BCUT2D eigenvalue weighted by Gasteiger charge is 2.22. The van der Waals surface area contributed by atoms with Crippen molar-refractivity contribution in [2.24, 2.45) is 7.05 Å². The van der Waals surface area contributed by atoms with Crippen molar-refractivity contribution >= 4 is 5.95 Å². The van der Waals surface area contributed by atoms with Crippen LogP contribution in [-0.4, -0.2) is 21.4 Å². The van der Waals surface area contributed by atoms with Crippen molar-refractivity contribution in [2.45, 2.75) is 18.9 Å². The van der Waals surface area contributed by atoms with Gasteiger partial charge in [-0.05, 0) is 12.8 Å². The Hall–Kier alpha value is -1.10. The molecular formula is C7H12N4O. The predicted molar refractivity (Wildman–Crippen MR) is 43.3 cm³/mol. The fourth-order valence-corrected chi connectivity index (χ4v) is 1.33. The molecule has 1 aliphatic heterocycles. The topological polar surface area (TPSA) is 66.0 Å². The maximum Gasteiger partial charge on any atom is 0.218 e. The van der Waals surface area contributed by atoms with Crippen molar-refractivity contribution in [1.82, 2.24) is 14.8 Å². The number of nitrogens with zero attached hydrogens (tertiary/aromatic N) is 3. The van der Waals surface area contributed by atoms with Crippen LogP contribution in [0.5, 0.6) is 0 Å². The number of aryl methyl sites for hydroxylation is 1. The summed E-state index contributed by atoms with van der Waals surface area (Å²) in [5.41, 5.74) is 5.54.